The Morgan fingerprint density at radius 1 is 1.20 bits per heavy atom. The van der Waals surface area contributed by atoms with E-state index in [9.17, 15) is 14.0 Å². The van der Waals surface area contributed by atoms with Gasteiger partial charge in [-0.15, -0.1) is 0 Å². The SMILES string of the molecule is O=C1Cc2cc(NC3CCN(c4ccc(Cl)cc4F)C3=O)ccc2N1. The topological polar surface area (TPSA) is 61.4 Å². The molecule has 7 heteroatoms. The lowest BCUT2D eigenvalue weighted by molar-refractivity contribution is -0.118. The predicted molar refractivity (Wildman–Crippen MR) is 94.6 cm³/mol. The zero-order valence-electron chi connectivity index (χ0n) is 13.2. The molecule has 25 heavy (non-hydrogen) atoms. The molecule has 128 valence electrons. The zero-order chi connectivity index (χ0) is 17.6. The van der Waals surface area contributed by atoms with E-state index >= 15 is 0 Å². The number of anilines is 3. The summed E-state index contributed by atoms with van der Waals surface area (Å²) in [7, 11) is 0. The van der Waals surface area contributed by atoms with Gasteiger partial charge in [0.1, 0.15) is 11.9 Å². The van der Waals surface area contributed by atoms with Crippen LogP contribution in [0.5, 0.6) is 0 Å². The van der Waals surface area contributed by atoms with Gasteiger partial charge in [0.05, 0.1) is 12.1 Å². The van der Waals surface area contributed by atoms with E-state index in [1.54, 1.807) is 6.07 Å². The highest BCUT2D eigenvalue weighted by Gasteiger charge is 2.34. The summed E-state index contributed by atoms with van der Waals surface area (Å²) in [6.07, 6.45) is 0.904. The Hall–Kier alpha value is -2.60. The molecule has 0 saturated carbocycles. The van der Waals surface area contributed by atoms with Gasteiger partial charge in [-0.3, -0.25) is 9.59 Å². The normalized spacial score (nSPS) is 19.1. The van der Waals surface area contributed by atoms with Crippen molar-refractivity contribution in [3.63, 3.8) is 0 Å². The van der Waals surface area contributed by atoms with Crippen LogP contribution >= 0.6 is 11.6 Å². The zero-order valence-corrected chi connectivity index (χ0v) is 13.9. The Morgan fingerprint density at radius 2 is 2.04 bits per heavy atom. The van der Waals surface area contributed by atoms with Crippen molar-refractivity contribution >= 4 is 40.5 Å². The van der Waals surface area contributed by atoms with Crippen LogP contribution in [0.2, 0.25) is 5.02 Å². The highest BCUT2D eigenvalue weighted by atomic mass is 35.5. The Morgan fingerprint density at radius 3 is 2.84 bits per heavy atom. The fourth-order valence-corrected chi connectivity index (χ4v) is 3.43. The molecule has 2 amide bonds. The Bertz CT molecular complexity index is 887. The molecular weight excluding hydrogens is 345 g/mol. The maximum Gasteiger partial charge on any atom is 0.249 e. The number of rotatable bonds is 3. The minimum absolute atomic E-state index is 0.0338. The summed E-state index contributed by atoms with van der Waals surface area (Å²) in [6, 6.07) is 9.37. The molecular formula is C18H15ClFN3O2. The summed E-state index contributed by atoms with van der Waals surface area (Å²) >= 11 is 5.77. The Labute approximate surface area is 148 Å². The van der Waals surface area contributed by atoms with E-state index in [0.29, 0.717) is 24.4 Å². The minimum atomic E-state index is -0.511. The van der Waals surface area contributed by atoms with Crippen LogP contribution in [-0.2, 0) is 16.0 Å². The lowest BCUT2D eigenvalue weighted by Crippen LogP contribution is -2.33. The third-order valence-electron chi connectivity index (χ3n) is 4.48. The van der Waals surface area contributed by atoms with E-state index < -0.39 is 11.9 Å². The summed E-state index contributed by atoms with van der Waals surface area (Å²) in [4.78, 5) is 25.5. The standard InChI is InChI=1S/C18H15ClFN3O2/c19-11-1-4-16(13(20)9-11)23-6-5-15(18(23)25)21-12-2-3-14-10(7-12)8-17(24)22-14/h1-4,7,9,15,21H,5-6,8H2,(H,22,24). The number of carbonyl (C=O) groups excluding carboxylic acids is 2. The highest BCUT2D eigenvalue weighted by Crippen LogP contribution is 2.30. The molecule has 2 N–H and O–H groups in total. The van der Waals surface area contributed by atoms with Crippen molar-refractivity contribution in [3.8, 4) is 0 Å². The molecule has 2 aromatic carbocycles. The number of nitrogens with one attached hydrogen (secondary N) is 2. The molecule has 1 fully saturated rings. The average Bonchev–Trinajstić information content (AvgIpc) is 3.10. The second-order valence-corrected chi connectivity index (χ2v) is 6.60. The fraction of sp³-hybridized carbons (Fsp3) is 0.222. The van der Waals surface area contributed by atoms with Crippen LogP contribution in [0.3, 0.4) is 0 Å². The smallest absolute Gasteiger partial charge is 0.249 e. The van der Waals surface area contributed by atoms with Gasteiger partial charge >= 0.3 is 0 Å². The molecule has 0 spiro atoms. The number of carbonyl (C=O) groups is 2. The third-order valence-corrected chi connectivity index (χ3v) is 4.71. The van der Waals surface area contributed by atoms with Crippen molar-refractivity contribution in [1.29, 1.82) is 0 Å². The van der Waals surface area contributed by atoms with Gasteiger partial charge in [0.25, 0.3) is 0 Å². The van der Waals surface area contributed by atoms with Gasteiger partial charge in [-0.05, 0) is 48.4 Å². The van der Waals surface area contributed by atoms with Crippen LogP contribution in [0.4, 0.5) is 21.5 Å². The second kappa shape index (κ2) is 6.04. The number of nitrogens with zero attached hydrogens (tertiary/aromatic N) is 1. The Kier molecular flexibility index (Phi) is 3.84. The fourth-order valence-electron chi connectivity index (χ4n) is 3.27. The molecule has 5 nitrogen and oxygen atoms in total. The summed E-state index contributed by atoms with van der Waals surface area (Å²) < 4.78 is 14.1. The van der Waals surface area contributed by atoms with E-state index in [1.807, 2.05) is 18.2 Å². The van der Waals surface area contributed by atoms with Crippen LogP contribution in [-0.4, -0.2) is 24.4 Å². The molecule has 2 aliphatic rings. The van der Waals surface area contributed by atoms with Crippen LogP contribution in [0.1, 0.15) is 12.0 Å². The van der Waals surface area contributed by atoms with Gasteiger partial charge in [0.15, 0.2) is 0 Å². The van der Waals surface area contributed by atoms with Gasteiger partial charge in [0.2, 0.25) is 11.8 Å². The number of halogens is 2. The van der Waals surface area contributed by atoms with E-state index in [-0.39, 0.29) is 17.5 Å². The molecule has 2 aromatic rings. The molecule has 2 heterocycles. The first-order chi connectivity index (χ1) is 12.0. The van der Waals surface area contributed by atoms with Crippen LogP contribution in [0, 0.1) is 5.82 Å². The molecule has 4 rings (SSSR count). The lowest BCUT2D eigenvalue weighted by Gasteiger charge is -2.18. The minimum Gasteiger partial charge on any atom is -0.374 e. The maximum absolute atomic E-state index is 14.1. The largest absolute Gasteiger partial charge is 0.374 e. The van der Waals surface area contributed by atoms with E-state index in [2.05, 4.69) is 10.6 Å². The van der Waals surface area contributed by atoms with Gasteiger partial charge in [-0.1, -0.05) is 11.6 Å². The van der Waals surface area contributed by atoms with Crippen molar-refractivity contribution in [2.75, 3.05) is 22.1 Å². The van der Waals surface area contributed by atoms with Crippen molar-refractivity contribution in [2.45, 2.75) is 18.9 Å². The molecule has 0 radical (unpaired) electrons. The molecule has 1 saturated heterocycles. The quantitative estimate of drug-likeness (QED) is 0.884. The van der Waals surface area contributed by atoms with Gasteiger partial charge in [-0.2, -0.15) is 0 Å². The lowest BCUT2D eigenvalue weighted by atomic mass is 10.1. The second-order valence-electron chi connectivity index (χ2n) is 6.17. The van der Waals surface area contributed by atoms with Crippen LogP contribution in [0.15, 0.2) is 36.4 Å². The number of fused-ring (bicyclic) bond motifs is 1. The number of hydrogen-bond acceptors (Lipinski definition) is 3. The third kappa shape index (κ3) is 2.93. The molecule has 2 aliphatic heterocycles. The van der Waals surface area contributed by atoms with E-state index in [1.165, 1.54) is 17.0 Å². The summed E-state index contributed by atoms with van der Waals surface area (Å²) in [5.74, 6) is -0.729. The highest BCUT2D eigenvalue weighted by molar-refractivity contribution is 6.30. The van der Waals surface area contributed by atoms with E-state index in [0.717, 1.165) is 16.9 Å². The first kappa shape index (κ1) is 15.9. The van der Waals surface area contributed by atoms with Gasteiger partial charge in [0, 0.05) is 22.9 Å². The number of benzene rings is 2. The molecule has 1 unspecified atom stereocenters. The first-order valence-electron chi connectivity index (χ1n) is 7.97. The molecule has 0 bridgehead atoms. The predicted octanol–water partition coefficient (Wildman–Crippen LogP) is 3.19. The van der Waals surface area contributed by atoms with Crippen LogP contribution in [0.25, 0.3) is 0 Å². The van der Waals surface area contributed by atoms with Crippen molar-refractivity contribution < 1.29 is 14.0 Å². The number of hydrogen-bond donors (Lipinski definition) is 2. The molecule has 0 aliphatic carbocycles. The summed E-state index contributed by atoms with van der Waals surface area (Å²) in [5.41, 5.74) is 2.72. The van der Waals surface area contributed by atoms with Gasteiger partial charge in [-0.25, -0.2) is 4.39 Å². The first-order valence-corrected chi connectivity index (χ1v) is 8.35. The average molecular weight is 360 g/mol. The number of amides is 2. The summed E-state index contributed by atoms with van der Waals surface area (Å²) in [5, 5.41) is 6.25. The Balaban J connectivity index is 1.51. The van der Waals surface area contributed by atoms with Crippen molar-refractivity contribution in [1.82, 2.24) is 0 Å². The molecule has 0 aromatic heterocycles. The molecule has 1 atom stereocenters. The van der Waals surface area contributed by atoms with E-state index in [4.69, 9.17) is 11.6 Å². The van der Waals surface area contributed by atoms with Crippen molar-refractivity contribution in [2.24, 2.45) is 0 Å². The van der Waals surface area contributed by atoms with Crippen LogP contribution < -0.4 is 15.5 Å². The summed E-state index contributed by atoms with van der Waals surface area (Å²) in [6.45, 7) is 0.431. The van der Waals surface area contributed by atoms with Crippen molar-refractivity contribution in [3.05, 3.63) is 52.8 Å². The monoisotopic (exact) mass is 359 g/mol. The van der Waals surface area contributed by atoms with Gasteiger partial charge < -0.3 is 15.5 Å². The maximum atomic E-state index is 14.1.